The lowest BCUT2D eigenvalue weighted by Gasteiger charge is -2.24. The van der Waals surface area contributed by atoms with Crippen LogP contribution in [0.5, 0.6) is 0 Å². The number of alkyl halides is 3. The zero-order chi connectivity index (χ0) is 21.7. The molecule has 2 rings (SSSR count). The molecule has 0 spiro atoms. The summed E-state index contributed by atoms with van der Waals surface area (Å²) in [5.41, 5.74) is -1.79. The van der Waals surface area contributed by atoms with Gasteiger partial charge in [0, 0.05) is 18.8 Å². The predicted molar refractivity (Wildman–Crippen MR) is 102 cm³/mol. The molecular formula is C19H20F3N5O2. The summed E-state index contributed by atoms with van der Waals surface area (Å²) in [5.74, 6) is -0.428. The molecule has 0 fully saturated rings. The van der Waals surface area contributed by atoms with Crippen LogP contribution in [0.15, 0.2) is 47.4 Å². The maximum Gasteiger partial charge on any atom is 0.416 e. The van der Waals surface area contributed by atoms with Crippen molar-refractivity contribution in [2.75, 3.05) is 0 Å². The molecule has 7 nitrogen and oxygen atoms in total. The first-order valence-corrected chi connectivity index (χ1v) is 8.52. The third-order valence-electron chi connectivity index (χ3n) is 3.94. The average molecular weight is 407 g/mol. The van der Waals surface area contributed by atoms with Crippen LogP contribution in [0.1, 0.15) is 41.3 Å². The minimum Gasteiger partial charge on any atom is -0.379 e. The molecule has 0 unspecified atom stereocenters. The number of hydrogen-bond donors (Lipinski definition) is 4. The van der Waals surface area contributed by atoms with E-state index in [1.54, 1.807) is 13.8 Å². The van der Waals surface area contributed by atoms with Crippen LogP contribution in [0.3, 0.4) is 0 Å². The zero-order valence-electron chi connectivity index (χ0n) is 15.7. The maximum atomic E-state index is 12.6. The van der Waals surface area contributed by atoms with Crippen molar-refractivity contribution >= 4 is 12.1 Å². The van der Waals surface area contributed by atoms with Crippen LogP contribution in [-0.2, 0) is 18.3 Å². The van der Waals surface area contributed by atoms with Gasteiger partial charge in [0.2, 0.25) is 0 Å². The summed E-state index contributed by atoms with van der Waals surface area (Å²) >= 11 is 0. The Hall–Kier alpha value is -3.43. The molecule has 0 aliphatic rings. The minimum absolute atomic E-state index is 0.0233. The number of rotatable bonds is 7. The summed E-state index contributed by atoms with van der Waals surface area (Å²) in [7, 11) is 0. The average Bonchev–Trinajstić information content (AvgIpc) is 2.65. The van der Waals surface area contributed by atoms with Gasteiger partial charge in [-0.1, -0.05) is 12.1 Å². The van der Waals surface area contributed by atoms with Crippen LogP contribution in [-0.4, -0.2) is 22.1 Å². The van der Waals surface area contributed by atoms with Crippen LogP contribution >= 0.6 is 0 Å². The smallest absolute Gasteiger partial charge is 0.379 e. The van der Waals surface area contributed by atoms with E-state index in [1.807, 2.05) is 0 Å². The fourth-order valence-corrected chi connectivity index (χ4v) is 2.33. The Balaban J connectivity index is 2.13. The number of hydrogen-bond acceptors (Lipinski definition) is 5. The zero-order valence-corrected chi connectivity index (χ0v) is 15.7. The molecule has 0 bridgehead atoms. The first-order chi connectivity index (χ1) is 13.5. The highest BCUT2D eigenvalue weighted by Crippen LogP contribution is 2.29. The highest BCUT2D eigenvalue weighted by molar-refractivity contribution is 5.92. The molecule has 154 valence electrons. The fourth-order valence-electron chi connectivity index (χ4n) is 2.33. The highest BCUT2D eigenvalue weighted by Gasteiger charge is 2.30. The van der Waals surface area contributed by atoms with E-state index in [0.717, 1.165) is 24.4 Å². The Bertz CT molecular complexity index is 963. The lowest BCUT2D eigenvalue weighted by molar-refractivity contribution is -0.137. The third kappa shape index (κ3) is 6.03. The molecule has 1 aromatic heterocycles. The standard InChI is InChI=1S/C19H20F3N5O2/c1-18(2,25-9-3-8-23)17-26-14(10-15(28)27-17)16(29)24-11-12-4-6-13(7-5-12)19(20,21)22/h3-10,23,25H,11H2,1-2H3,(H,24,29)(H,26,27,28)/b9-3-,23-8?. The van der Waals surface area contributed by atoms with Gasteiger partial charge in [0.1, 0.15) is 11.5 Å². The van der Waals surface area contributed by atoms with Gasteiger partial charge in [0.25, 0.3) is 11.5 Å². The SMILES string of the molecule is CC(C)(N/C=C\C=N)c1nc(C(=O)NCc2ccc(C(F)(F)F)cc2)cc(=O)[nH]1. The number of nitrogens with zero attached hydrogens (tertiary/aromatic N) is 1. The molecule has 0 saturated carbocycles. The lowest BCUT2D eigenvalue weighted by atomic mass is 10.0. The first-order valence-electron chi connectivity index (χ1n) is 8.52. The van der Waals surface area contributed by atoms with E-state index in [-0.39, 0.29) is 18.1 Å². The van der Waals surface area contributed by atoms with Crippen LogP contribution in [0.2, 0.25) is 0 Å². The Morgan fingerprint density at radius 2 is 1.90 bits per heavy atom. The van der Waals surface area contributed by atoms with Gasteiger partial charge in [-0.15, -0.1) is 0 Å². The van der Waals surface area contributed by atoms with Crippen LogP contribution in [0, 0.1) is 5.41 Å². The van der Waals surface area contributed by atoms with Gasteiger partial charge in [-0.3, -0.25) is 9.59 Å². The topological polar surface area (TPSA) is 111 Å². The van der Waals surface area contributed by atoms with Gasteiger partial charge in [-0.25, -0.2) is 4.98 Å². The summed E-state index contributed by atoms with van der Waals surface area (Å²) in [6, 6.07) is 5.43. The molecule has 10 heteroatoms. The molecule has 0 radical (unpaired) electrons. The van der Waals surface area contributed by atoms with Gasteiger partial charge < -0.3 is 21.0 Å². The number of allylic oxidation sites excluding steroid dienone is 1. The van der Waals surface area contributed by atoms with Crippen LogP contribution in [0.25, 0.3) is 0 Å². The summed E-state index contributed by atoms with van der Waals surface area (Å²) in [6.07, 6.45) is -0.406. The lowest BCUT2D eigenvalue weighted by Crippen LogP contribution is -2.37. The molecule has 0 aliphatic heterocycles. The molecule has 0 atom stereocenters. The molecule has 1 amide bonds. The van der Waals surface area contributed by atoms with Crippen molar-refractivity contribution in [2.45, 2.75) is 32.1 Å². The number of halogens is 3. The van der Waals surface area contributed by atoms with E-state index >= 15 is 0 Å². The summed E-state index contributed by atoms with van der Waals surface area (Å²) in [4.78, 5) is 31.0. The van der Waals surface area contributed by atoms with Gasteiger partial charge in [0.05, 0.1) is 11.1 Å². The number of aromatic nitrogens is 2. The number of benzene rings is 1. The Morgan fingerprint density at radius 3 is 2.48 bits per heavy atom. The second-order valence-corrected chi connectivity index (χ2v) is 6.65. The van der Waals surface area contributed by atoms with Gasteiger partial charge in [0.15, 0.2) is 0 Å². The van der Waals surface area contributed by atoms with E-state index in [2.05, 4.69) is 20.6 Å². The van der Waals surface area contributed by atoms with E-state index in [4.69, 9.17) is 5.41 Å². The van der Waals surface area contributed by atoms with Crippen molar-refractivity contribution in [3.63, 3.8) is 0 Å². The second-order valence-electron chi connectivity index (χ2n) is 6.65. The molecule has 1 heterocycles. The van der Waals surface area contributed by atoms with Crippen molar-refractivity contribution in [2.24, 2.45) is 0 Å². The van der Waals surface area contributed by atoms with E-state index in [0.29, 0.717) is 5.56 Å². The van der Waals surface area contributed by atoms with E-state index < -0.39 is 28.7 Å². The van der Waals surface area contributed by atoms with Gasteiger partial charge >= 0.3 is 6.18 Å². The van der Waals surface area contributed by atoms with Crippen molar-refractivity contribution in [3.05, 3.63) is 75.6 Å². The maximum absolute atomic E-state index is 12.6. The van der Waals surface area contributed by atoms with Crippen LogP contribution < -0.4 is 16.2 Å². The van der Waals surface area contributed by atoms with Gasteiger partial charge in [-0.2, -0.15) is 13.2 Å². The number of carbonyl (C=O) groups excluding carboxylic acids is 1. The molecule has 2 aromatic rings. The van der Waals surface area contributed by atoms with Gasteiger partial charge in [-0.05, 0) is 43.8 Å². The number of H-pyrrole nitrogens is 1. The first kappa shape index (κ1) is 21.9. The summed E-state index contributed by atoms with van der Waals surface area (Å²) < 4.78 is 37.8. The monoisotopic (exact) mass is 407 g/mol. The van der Waals surface area contributed by atoms with E-state index in [9.17, 15) is 22.8 Å². The Morgan fingerprint density at radius 1 is 1.24 bits per heavy atom. The molecule has 29 heavy (non-hydrogen) atoms. The molecule has 0 aliphatic carbocycles. The number of amides is 1. The normalized spacial score (nSPS) is 12.0. The number of aromatic amines is 1. The van der Waals surface area contributed by atoms with E-state index in [1.165, 1.54) is 24.4 Å². The summed E-state index contributed by atoms with van der Waals surface area (Å²) in [5, 5.41) is 12.5. The minimum atomic E-state index is -4.43. The van der Waals surface area contributed by atoms with Crippen molar-refractivity contribution < 1.29 is 18.0 Å². The quantitative estimate of drug-likeness (QED) is 0.529. The molecule has 4 N–H and O–H groups in total. The molecule has 0 saturated heterocycles. The molecular weight excluding hydrogens is 387 g/mol. The summed E-state index contributed by atoms with van der Waals surface area (Å²) in [6.45, 7) is 3.43. The highest BCUT2D eigenvalue weighted by atomic mass is 19.4. The Labute approximate surface area is 164 Å². The second kappa shape index (κ2) is 8.72. The Kier molecular flexibility index (Phi) is 6.57. The van der Waals surface area contributed by atoms with Crippen molar-refractivity contribution in [1.82, 2.24) is 20.6 Å². The number of carbonyl (C=O) groups is 1. The molecule has 1 aromatic carbocycles. The van der Waals surface area contributed by atoms with Crippen LogP contribution in [0.4, 0.5) is 13.2 Å². The van der Waals surface area contributed by atoms with Crippen molar-refractivity contribution in [1.29, 1.82) is 5.41 Å². The van der Waals surface area contributed by atoms with Crippen molar-refractivity contribution in [3.8, 4) is 0 Å². The fraction of sp³-hybridized carbons (Fsp3) is 0.263. The predicted octanol–water partition coefficient (Wildman–Crippen LogP) is 2.71. The third-order valence-corrected chi connectivity index (χ3v) is 3.94. The largest absolute Gasteiger partial charge is 0.416 e. The number of nitrogens with one attached hydrogen (secondary N) is 4.